The van der Waals surface area contributed by atoms with Crippen molar-refractivity contribution < 1.29 is 4.74 Å². The Balaban J connectivity index is 2.57. The Labute approximate surface area is 80.4 Å². The quantitative estimate of drug-likeness (QED) is 0.742. The second kappa shape index (κ2) is 4.93. The third kappa shape index (κ3) is 2.66. The van der Waals surface area contributed by atoms with Gasteiger partial charge in [0.1, 0.15) is 6.61 Å². The van der Waals surface area contributed by atoms with Gasteiger partial charge in [-0.2, -0.15) is 0 Å². The predicted octanol–water partition coefficient (Wildman–Crippen LogP) is 2.80. The number of nitrogens with zero attached hydrogens (tertiary/aromatic N) is 1. The lowest BCUT2D eigenvalue weighted by Crippen LogP contribution is -1.95. The van der Waals surface area contributed by atoms with Gasteiger partial charge in [0, 0.05) is 6.20 Å². The first-order valence-corrected chi connectivity index (χ1v) is 4.48. The molecular weight excluding hydrogens is 218 g/mol. The van der Waals surface area contributed by atoms with Gasteiger partial charge in [-0.05, 0) is 35.0 Å². The topological polar surface area (TPSA) is 22.1 Å². The van der Waals surface area contributed by atoms with Crippen LogP contribution in [0.2, 0.25) is 0 Å². The van der Waals surface area contributed by atoms with Crippen molar-refractivity contribution in [3.63, 3.8) is 0 Å². The Morgan fingerprint density at radius 2 is 2.50 bits per heavy atom. The molecule has 1 aromatic heterocycles. The fourth-order valence-electron chi connectivity index (χ4n) is 0.701. The van der Waals surface area contributed by atoms with Gasteiger partial charge in [-0.25, -0.2) is 4.98 Å². The van der Waals surface area contributed by atoms with Gasteiger partial charge in [-0.1, -0.05) is 12.2 Å². The molecule has 0 radical (unpaired) electrons. The first kappa shape index (κ1) is 9.26. The largest absolute Gasteiger partial charge is 0.473 e. The Morgan fingerprint density at radius 3 is 3.17 bits per heavy atom. The van der Waals surface area contributed by atoms with Gasteiger partial charge in [0.05, 0.1) is 4.47 Å². The SMILES string of the molecule is CC=CCOc1ncccc1Br. The molecule has 0 saturated heterocycles. The van der Waals surface area contributed by atoms with Gasteiger partial charge >= 0.3 is 0 Å². The van der Waals surface area contributed by atoms with Crippen LogP contribution in [0.25, 0.3) is 0 Å². The minimum Gasteiger partial charge on any atom is -0.473 e. The fourth-order valence-corrected chi connectivity index (χ4v) is 1.07. The Kier molecular flexibility index (Phi) is 3.80. The van der Waals surface area contributed by atoms with Gasteiger partial charge in [0.15, 0.2) is 0 Å². The lowest BCUT2D eigenvalue weighted by molar-refractivity contribution is 0.346. The molecule has 64 valence electrons. The number of allylic oxidation sites excluding steroid dienone is 1. The molecule has 0 aliphatic rings. The molecule has 0 aliphatic heterocycles. The lowest BCUT2D eigenvalue weighted by atomic mass is 10.5. The van der Waals surface area contributed by atoms with Gasteiger partial charge in [-0.3, -0.25) is 0 Å². The van der Waals surface area contributed by atoms with Crippen molar-refractivity contribution >= 4 is 15.9 Å². The number of halogens is 1. The highest BCUT2D eigenvalue weighted by Gasteiger charge is 1.97. The molecular formula is C9H10BrNO. The van der Waals surface area contributed by atoms with E-state index in [1.54, 1.807) is 6.20 Å². The second-order valence-electron chi connectivity index (χ2n) is 2.17. The normalized spacial score (nSPS) is 10.5. The van der Waals surface area contributed by atoms with Crippen LogP contribution < -0.4 is 4.74 Å². The zero-order chi connectivity index (χ0) is 8.81. The van der Waals surface area contributed by atoms with Crippen LogP contribution in [0.3, 0.4) is 0 Å². The Bertz CT molecular complexity index is 273. The molecule has 0 bridgehead atoms. The molecule has 0 atom stereocenters. The summed E-state index contributed by atoms with van der Waals surface area (Å²) in [5.74, 6) is 0.635. The van der Waals surface area contributed by atoms with E-state index in [4.69, 9.17) is 4.74 Å². The van der Waals surface area contributed by atoms with Gasteiger partial charge in [0.2, 0.25) is 5.88 Å². The minimum atomic E-state index is 0.562. The van der Waals surface area contributed by atoms with Crippen LogP contribution in [-0.4, -0.2) is 11.6 Å². The molecule has 0 spiro atoms. The van der Waals surface area contributed by atoms with E-state index >= 15 is 0 Å². The number of rotatable bonds is 3. The average molecular weight is 228 g/mol. The first-order valence-electron chi connectivity index (χ1n) is 3.69. The maximum atomic E-state index is 5.33. The average Bonchev–Trinajstić information content (AvgIpc) is 2.09. The van der Waals surface area contributed by atoms with Gasteiger partial charge in [0.25, 0.3) is 0 Å². The summed E-state index contributed by atoms with van der Waals surface area (Å²) in [5, 5.41) is 0. The summed E-state index contributed by atoms with van der Waals surface area (Å²) in [6, 6.07) is 3.75. The zero-order valence-corrected chi connectivity index (χ0v) is 8.41. The summed E-state index contributed by atoms with van der Waals surface area (Å²) in [5.41, 5.74) is 0. The van der Waals surface area contributed by atoms with Crippen LogP contribution in [0.4, 0.5) is 0 Å². The van der Waals surface area contributed by atoms with E-state index in [0.717, 1.165) is 4.47 Å². The molecule has 3 heteroatoms. The molecule has 0 amide bonds. The van der Waals surface area contributed by atoms with Crippen molar-refractivity contribution in [2.75, 3.05) is 6.61 Å². The summed E-state index contributed by atoms with van der Waals surface area (Å²) in [6.45, 7) is 2.52. The van der Waals surface area contributed by atoms with Crippen molar-refractivity contribution in [3.05, 3.63) is 35.0 Å². The fraction of sp³-hybridized carbons (Fsp3) is 0.222. The molecule has 0 fully saturated rings. The summed E-state index contributed by atoms with van der Waals surface area (Å²) >= 11 is 3.34. The molecule has 0 aromatic carbocycles. The van der Waals surface area contributed by atoms with E-state index < -0.39 is 0 Å². The highest BCUT2D eigenvalue weighted by molar-refractivity contribution is 9.10. The van der Waals surface area contributed by atoms with Crippen molar-refractivity contribution in [2.24, 2.45) is 0 Å². The summed E-state index contributed by atoms with van der Waals surface area (Å²) in [7, 11) is 0. The van der Waals surface area contributed by atoms with Crippen molar-refractivity contribution in [1.29, 1.82) is 0 Å². The second-order valence-corrected chi connectivity index (χ2v) is 3.02. The number of hydrogen-bond acceptors (Lipinski definition) is 2. The van der Waals surface area contributed by atoms with Crippen LogP contribution >= 0.6 is 15.9 Å². The maximum absolute atomic E-state index is 5.33. The van der Waals surface area contributed by atoms with Crippen LogP contribution in [-0.2, 0) is 0 Å². The highest BCUT2D eigenvalue weighted by atomic mass is 79.9. The van der Waals surface area contributed by atoms with Crippen molar-refractivity contribution in [3.8, 4) is 5.88 Å². The molecule has 1 aromatic rings. The molecule has 0 saturated carbocycles. The standard InChI is InChI=1S/C9H10BrNO/c1-2-3-7-12-9-8(10)5-4-6-11-9/h2-6H,7H2,1H3. The first-order chi connectivity index (χ1) is 5.84. The van der Waals surface area contributed by atoms with Gasteiger partial charge < -0.3 is 4.74 Å². The Hall–Kier alpha value is -0.830. The van der Waals surface area contributed by atoms with E-state index in [2.05, 4.69) is 20.9 Å². The van der Waals surface area contributed by atoms with Crippen molar-refractivity contribution in [2.45, 2.75) is 6.92 Å². The third-order valence-corrected chi connectivity index (χ3v) is 1.88. The van der Waals surface area contributed by atoms with Crippen LogP contribution in [0.1, 0.15) is 6.92 Å². The van der Waals surface area contributed by atoms with E-state index in [0.29, 0.717) is 12.5 Å². The third-order valence-electron chi connectivity index (χ3n) is 1.28. The highest BCUT2D eigenvalue weighted by Crippen LogP contribution is 2.20. The molecule has 1 rings (SSSR count). The zero-order valence-electron chi connectivity index (χ0n) is 6.83. The molecule has 12 heavy (non-hydrogen) atoms. The molecule has 1 heterocycles. The smallest absolute Gasteiger partial charge is 0.228 e. The van der Waals surface area contributed by atoms with E-state index in [-0.39, 0.29) is 0 Å². The Morgan fingerprint density at radius 1 is 1.67 bits per heavy atom. The van der Waals surface area contributed by atoms with Crippen LogP contribution in [0, 0.1) is 0 Å². The summed E-state index contributed by atoms with van der Waals surface area (Å²) in [4.78, 5) is 4.05. The molecule has 2 nitrogen and oxygen atoms in total. The molecule has 0 N–H and O–H groups in total. The van der Waals surface area contributed by atoms with E-state index in [9.17, 15) is 0 Å². The monoisotopic (exact) mass is 227 g/mol. The lowest BCUT2D eigenvalue weighted by Gasteiger charge is -2.02. The number of hydrogen-bond donors (Lipinski definition) is 0. The molecule has 0 aliphatic carbocycles. The van der Waals surface area contributed by atoms with Crippen LogP contribution in [0.15, 0.2) is 35.0 Å². The molecule has 0 unspecified atom stereocenters. The van der Waals surface area contributed by atoms with Crippen LogP contribution in [0.5, 0.6) is 5.88 Å². The van der Waals surface area contributed by atoms with Gasteiger partial charge in [-0.15, -0.1) is 0 Å². The number of ether oxygens (including phenoxy) is 1. The number of aromatic nitrogens is 1. The summed E-state index contributed by atoms with van der Waals surface area (Å²) < 4.78 is 6.22. The summed E-state index contributed by atoms with van der Waals surface area (Å²) in [6.07, 6.45) is 5.58. The van der Waals surface area contributed by atoms with E-state index in [1.807, 2.05) is 31.2 Å². The van der Waals surface area contributed by atoms with E-state index in [1.165, 1.54) is 0 Å². The maximum Gasteiger partial charge on any atom is 0.228 e. The number of pyridine rings is 1. The predicted molar refractivity (Wildman–Crippen MR) is 52.2 cm³/mol. The minimum absolute atomic E-state index is 0.562. The van der Waals surface area contributed by atoms with Crippen molar-refractivity contribution in [1.82, 2.24) is 4.98 Å².